The lowest BCUT2D eigenvalue weighted by molar-refractivity contribution is -0.192. The molecule has 12 heteroatoms. The van der Waals surface area contributed by atoms with Crippen LogP contribution in [0.5, 0.6) is 0 Å². The van der Waals surface area contributed by atoms with Gasteiger partial charge in [0.1, 0.15) is 0 Å². The van der Waals surface area contributed by atoms with Crippen LogP contribution in [0.4, 0.5) is 13.2 Å². The molecule has 8 nitrogen and oxygen atoms in total. The van der Waals surface area contributed by atoms with Crippen molar-refractivity contribution >= 4 is 29.1 Å². The van der Waals surface area contributed by atoms with E-state index in [0.717, 1.165) is 17.1 Å². The van der Waals surface area contributed by atoms with Gasteiger partial charge in [-0.05, 0) is 25.5 Å². The fourth-order valence-electron chi connectivity index (χ4n) is 3.86. The average Bonchev–Trinajstić information content (AvgIpc) is 3.41. The second kappa shape index (κ2) is 9.23. The van der Waals surface area contributed by atoms with Gasteiger partial charge in [0.15, 0.2) is 0 Å². The van der Waals surface area contributed by atoms with E-state index in [1.54, 1.807) is 35.9 Å². The van der Waals surface area contributed by atoms with Gasteiger partial charge >= 0.3 is 12.1 Å². The number of nitrogens with zero attached hydrogens (tertiary/aromatic N) is 4. The van der Waals surface area contributed by atoms with Crippen LogP contribution in [0.3, 0.4) is 0 Å². The maximum Gasteiger partial charge on any atom is 0.490 e. The van der Waals surface area contributed by atoms with E-state index in [9.17, 15) is 22.8 Å². The van der Waals surface area contributed by atoms with Gasteiger partial charge in [-0.15, -0.1) is 11.3 Å². The molecule has 1 atom stereocenters. The number of aryl methyl sites for hydroxylation is 1. The Labute approximate surface area is 185 Å². The van der Waals surface area contributed by atoms with Crippen molar-refractivity contribution < 1.29 is 32.7 Å². The van der Waals surface area contributed by atoms with Gasteiger partial charge in [-0.2, -0.15) is 13.2 Å². The maximum atomic E-state index is 12.6. The molecule has 4 rings (SSSR count). The highest BCUT2D eigenvalue weighted by molar-refractivity contribution is 7.09. The lowest BCUT2D eigenvalue weighted by atomic mass is 9.86. The zero-order valence-corrected chi connectivity index (χ0v) is 17.9. The van der Waals surface area contributed by atoms with Crippen molar-refractivity contribution in [3.8, 4) is 0 Å². The molecule has 172 valence electrons. The largest absolute Gasteiger partial charge is 0.490 e. The van der Waals surface area contributed by atoms with Crippen molar-refractivity contribution in [1.29, 1.82) is 0 Å². The first-order chi connectivity index (χ1) is 15.0. The van der Waals surface area contributed by atoms with Crippen molar-refractivity contribution in [2.75, 3.05) is 19.6 Å². The van der Waals surface area contributed by atoms with Gasteiger partial charge in [0.2, 0.25) is 5.91 Å². The van der Waals surface area contributed by atoms with Crippen LogP contribution in [0.1, 0.15) is 33.9 Å². The summed E-state index contributed by atoms with van der Waals surface area (Å²) in [6, 6.07) is 3.48. The quantitative estimate of drug-likeness (QED) is 0.740. The molecule has 32 heavy (non-hydrogen) atoms. The predicted molar refractivity (Wildman–Crippen MR) is 108 cm³/mol. The molecule has 2 amide bonds. The molecule has 2 aliphatic heterocycles. The maximum absolute atomic E-state index is 12.6. The molecular formula is C20H21F3N4O4S. The smallest absolute Gasteiger partial charge is 0.475 e. The molecule has 4 heterocycles. The highest BCUT2D eigenvalue weighted by Gasteiger charge is 2.48. The molecule has 0 aliphatic carbocycles. The van der Waals surface area contributed by atoms with E-state index in [2.05, 4.69) is 9.97 Å². The normalized spacial score (nSPS) is 20.4. The number of hydrogen-bond acceptors (Lipinski definition) is 6. The van der Waals surface area contributed by atoms with Gasteiger partial charge in [0, 0.05) is 54.8 Å². The van der Waals surface area contributed by atoms with E-state index in [0.29, 0.717) is 38.2 Å². The number of likely N-dealkylation sites (tertiary alicyclic amines) is 2. The third-order valence-electron chi connectivity index (χ3n) is 5.32. The summed E-state index contributed by atoms with van der Waals surface area (Å²) >= 11 is 1.61. The number of thiazole rings is 1. The van der Waals surface area contributed by atoms with Crippen LogP contribution in [-0.2, 0) is 16.1 Å². The number of rotatable bonds is 3. The summed E-state index contributed by atoms with van der Waals surface area (Å²) in [7, 11) is 0. The molecule has 2 fully saturated rings. The summed E-state index contributed by atoms with van der Waals surface area (Å²) in [4.78, 5) is 46.2. The summed E-state index contributed by atoms with van der Waals surface area (Å²) in [6.45, 7) is 4.61. The fraction of sp³-hybridized carbons (Fsp3) is 0.450. The van der Waals surface area contributed by atoms with Crippen molar-refractivity contribution in [3.05, 3.63) is 46.2 Å². The number of carbonyl (C=O) groups is 3. The van der Waals surface area contributed by atoms with Crippen LogP contribution in [0.25, 0.3) is 0 Å². The van der Waals surface area contributed by atoms with Crippen molar-refractivity contribution in [2.45, 2.75) is 32.5 Å². The van der Waals surface area contributed by atoms with Crippen LogP contribution in [-0.4, -0.2) is 68.5 Å². The third-order valence-corrected chi connectivity index (χ3v) is 6.14. The van der Waals surface area contributed by atoms with Gasteiger partial charge in [0.05, 0.1) is 17.2 Å². The molecule has 2 aliphatic rings. The Hall–Kier alpha value is -3.02. The summed E-state index contributed by atoms with van der Waals surface area (Å²) in [6.07, 6.45) is -0.413. The Bertz CT molecular complexity index is 998. The predicted octanol–water partition coefficient (Wildman–Crippen LogP) is 2.74. The van der Waals surface area contributed by atoms with Crippen molar-refractivity contribution in [2.24, 2.45) is 5.41 Å². The van der Waals surface area contributed by atoms with Crippen LogP contribution in [0, 0.1) is 12.3 Å². The summed E-state index contributed by atoms with van der Waals surface area (Å²) in [5.41, 5.74) is 1.51. The van der Waals surface area contributed by atoms with Crippen LogP contribution < -0.4 is 0 Å². The summed E-state index contributed by atoms with van der Waals surface area (Å²) in [5, 5.41) is 10.2. The SMILES string of the molecule is Cc1nc(CN2CC3(CCN(C(=O)c4ccncc4)C3)CC2=O)cs1.O=C(O)C(F)(F)F. The standard InChI is InChI=1S/C18H20N4O2S.C2HF3O2/c1-13-20-15(10-25-13)9-22-12-18(8-16(22)23)4-7-21(11-18)17(24)14-2-5-19-6-3-14;3-2(4,5)1(6)7/h2-3,5-6,10H,4,7-9,11-12H2,1H3;(H,6,7). The van der Waals surface area contributed by atoms with E-state index < -0.39 is 12.1 Å². The Balaban J connectivity index is 0.000000360. The summed E-state index contributed by atoms with van der Waals surface area (Å²) < 4.78 is 31.7. The van der Waals surface area contributed by atoms with Gasteiger partial charge in [-0.25, -0.2) is 9.78 Å². The number of alkyl halides is 3. The molecule has 0 radical (unpaired) electrons. The zero-order chi connectivity index (χ0) is 23.5. The molecule has 2 saturated heterocycles. The van der Waals surface area contributed by atoms with E-state index in [4.69, 9.17) is 9.90 Å². The minimum Gasteiger partial charge on any atom is -0.475 e. The number of carboxylic acids is 1. The highest BCUT2D eigenvalue weighted by atomic mass is 32.1. The van der Waals surface area contributed by atoms with Crippen LogP contribution in [0.2, 0.25) is 0 Å². The minimum atomic E-state index is -5.08. The molecular weight excluding hydrogens is 449 g/mol. The molecule has 2 aromatic rings. The van der Waals surface area contributed by atoms with Gasteiger partial charge in [-0.1, -0.05) is 0 Å². The topological polar surface area (TPSA) is 104 Å². The minimum absolute atomic E-state index is 0.0281. The molecule has 0 aromatic carbocycles. The molecule has 2 aromatic heterocycles. The molecule has 0 saturated carbocycles. The number of hydrogen-bond donors (Lipinski definition) is 1. The van der Waals surface area contributed by atoms with E-state index in [-0.39, 0.29) is 17.2 Å². The van der Waals surface area contributed by atoms with E-state index in [1.807, 2.05) is 22.1 Å². The number of aliphatic carboxylic acids is 1. The Morgan fingerprint density at radius 1 is 1.25 bits per heavy atom. The number of amides is 2. The first-order valence-electron chi connectivity index (χ1n) is 9.67. The van der Waals surface area contributed by atoms with Crippen molar-refractivity contribution in [1.82, 2.24) is 19.8 Å². The lowest BCUT2D eigenvalue weighted by Gasteiger charge is -2.24. The van der Waals surface area contributed by atoms with Gasteiger partial charge < -0.3 is 14.9 Å². The van der Waals surface area contributed by atoms with E-state index in [1.165, 1.54) is 0 Å². The monoisotopic (exact) mass is 470 g/mol. The first kappa shape index (κ1) is 23.6. The molecule has 0 bridgehead atoms. The van der Waals surface area contributed by atoms with E-state index >= 15 is 0 Å². The van der Waals surface area contributed by atoms with Crippen LogP contribution in [0.15, 0.2) is 29.9 Å². The third kappa shape index (κ3) is 5.61. The average molecular weight is 470 g/mol. The summed E-state index contributed by atoms with van der Waals surface area (Å²) in [5.74, 6) is -2.56. The zero-order valence-electron chi connectivity index (χ0n) is 17.1. The number of carbonyl (C=O) groups excluding carboxylic acids is 2. The molecule has 1 unspecified atom stereocenters. The highest BCUT2D eigenvalue weighted by Crippen LogP contribution is 2.41. The number of carboxylic acid groups (broad SMARTS) is 1. The Kier molecular flexibility index (Phi) is 6.82. The second-order valence-electron chi connectivity index (χ2n) is 7.80. The molecule has 1 spiro atoms. The van der Waals surface area contributed by atoms with Gasteiger partial charge in [0.25, 0.3) is 5.91 Å². The second-order valence-corrected chi connectivity index (χ2v) is 8.86. The van der Waals surface area contributed by atoms with Crippen LogP contribution >= 0.6 is 11.3 Å². The lowest BCUT2D eigenvalue weighted by Crippen LogP contribution is -2.34. The molecule has 1 N–H and O–H groups in total. The number of pyridine rings is 1. The van der Waals surface area contributed by atoms with Crippen molar-refractivity contribution in [3.63, 3.8) is 0 Å². The Morgan fingerprint density at radius 3 is 2.47 bits per heavy atom. The number of halogens is 3. The Morgan fingerprint density at radius 2 is 1.91 bits per heavy atom. The van der Waals surface area contributed by atoms with Gasteiger partial charge in [-0.3, -0.25) is 14.6 Å². The number of aromatic nitrogens is 2. The first-order valence-corrected chi connectivity index (χ1v) is 10.6. The fourth-order valence-corrected chi connectivity index (χ4v) is 4.46.